The fourth-order valence-corrected chi connectivity index (χ4v) is 2.81. The molecule has 0 aliphatic heterocycles. The Kier molecular flexibility index (Phi) is 4.37. The van der Waals surface area contributed by atoms with Crippen molar-refractivity contribution in [1.29, 1.82) is 5.26 Å². The van der Waals surface area contributed by atoms with Crippen molar-refractivity contribution in [2.45, 2.75) is 13.0 Å². The van der Waals surface area contributed by atoms with Gasteiger partial charge in [-0.1, -0.05) is 29.4 Å². The van der Waals surface area contributed by atoms with Crippen LogP contribution in [0.1, 0.15) is 22.4 Å². The molecule has 0 amide bonds. The summed E-state index contributed by atoms with van der Waals surface area (Å²) in [5.41, 5.74) is 10.2. The van der Waals surface area contributed by atoms with Crippen LogP contribution in [0.15, 0.2) is 65.6 Å². The number of aromatic nitrogens is 4. The van der Waals surface area contributed by atoms with Crippen LogP contribution in [0.5, 0.6) is 0 Å². The van der Waals surface area contributed by atoms with Crippen LogP contribution in [0.25, 0.3) is 11.3 Å². The van der Waals surface area contributed by atoms with E-state index in [1.807, 2.05) is 30.3 Å². The number of benzene rings is 1. The maximum absolute atomic E-state index is 8.86. The number of pyridine rings is 1. The van der Waals surface area contributed by atoms with Gasteiger partial charge in [0.15, 0.2) is 5.76 Å². The van der Waals surface area contributed by atoms with E-state index in [9.17, 15) is 0 Å². The van der Waals surface area contributed by atoms with Crippen LogP contribution in [-0.2, 0) is 13.0 Å². The third-order valence-electron chi connectivity index (χ3n) is 4.18. The Labute approximate surface area is 155 Å². The molecule has 0 aliphatic carbocycles. The van der Waals surface area contributed by atoms with Gasteiger partial charge in [-0.25, -0.2) is 4.98 Å². The molecule has 0 saturated carbocycles. The highest BCUT2D eigenvalue weighted by Crippen LogP contribution is 2.25. The Morgan fingerprint density at radius 3 is 2.70 bits per heavy atom. The molecule has 0 unspecified atom stereocenters. The first-order valence-electron chi connectivity index (χ1n) is 8.38. The smallest absolute Gasteiger partial charge is 0.170 e. The lowest BCUT2D eigenvalue weighted by atomic mass is 10.1. The summed E-state index contributed by atoms with van der Waals surface area (Å²) in [6.07, 6.45) is 5.59. The van der Waals surface area contributed by atoms with Crippen LogP contribution in [-0.4, -0.2) is 19.9 Å². The summed E-state index contributed by atoms with van der Waals surface area (Å²) in [4.78, 5) is 4.06. The van der Waals surface area contributed by atoms with E-state index in [0.29, 0.717) is 30.1 Å². The van der Waals surface area contributed by atoms with Crippen molar-refractivity contribution >= 4 is 5.82 Å². The van der Waals surface area contributed by atoms with E-state index in [0.717, 1.165) is 22.4 Å². The minimum atomic E-state index is 0.419. The zero-order valence-electron chi connectivity index (χ0n) is 14.4. The number of hydrogen-bond donors (Lipinski definition) is 1. The van der Waals surface area contributed by atoms with Crippen molar-refractivity contribution < 1.29 is 4.52 Å². The molecule has 0 radical (unpaired) electrons. The Hall–Kier alpha value is -3.92. The molecule has 0 atom stereocenters. The summed E-state index contributed by atoms with van der Waals surface area (Å²) in [6, 6.07) is 15.8. The van der Waals surface area contributed by atoms with E-state index in [4.69, 9.17) is 15.5 Å². The Morgan fingerprint density at radius 2 is 1.96 bits per heavy atom. The number of anilines is 1. The molecule has 132 valence electrons. The maximum Gasteiger partial charge on any atom is 0.170 e. The van der Waals surface area contributed by atoms with Gasteiger partial charge in [-0.05, 0) is 23.3 Å². The minimum Gasteiger partial charge on any atom is -0.383 e. The van der Waals surface area contributed by atoms with Crippen LogP contribution in [0.4, 0.5) is 5.82 Å². The van der Waals surface area contributed by atoms with Crippen LogP contribution in [0.3, 0.4) is 0 Å². The number of nitrogens with zero attached hydrogens (tertiary/aromatic N) is 5. The molecular formula is C20H16N6O. The standard InChI is InChI=1S/C20H16N6O/c21-10-16-11-24-26(13-16)12-15-5-3-14(4-6-15)8-17-9-19(27-25-17)18-2-1-7-23-20(18)22/h1-7,9,11,13H,8,12H2,(H2,22,23). The Balaban J connectivity index is 1.44. The molecule has 0 fully saturated rings. The molecule has 27 heavy (non-hydrogen) atoms. The van der Waals surface area contributed by atoms with Crippen LogP contribution in [0.2, 0.25) is 0 Å². The van der Waals surface area contributed by atoms with E-state index in [-0.39, 0.29) is 0 Å². The molecule has 3 heterocycles. The van der Waals surface area contributed by atoms with Crippen molar-refractivity contribution in [2.75, 3.05) is 5.73 Å². The van der Waals surface area contributed by atoms with Gasteiger partial charge in [-0.15, -0.1) is 0 Å². The summed E-state index contributed by atoms with van der Waals surface area (Å²) >= 11 is 0. The van der Waals surface area contributed by atoms with Gasteiger partial charge in [0.05, 0.1) is 29.6 Å². The highest BCUT2D eigenvalue weighted by Gasteiger charge is 2.10. The number of hydrogen-bond acceptors (Lipinski definition) is 6. The predicted octanol–water partition coefficient (Wildman–Crippen LogP) is 3.03. The van der Waals surface area contributed by atoms with E-state index < -0.39 is 0 Å². The zero-order chi connectivity index (χ0) is 18.6. The average Bonchev–Trinajstić information content (AvgIpc) is 3.33. The molecular weight excluding hydrogens is 340 g/mol. The van der Waals surface area contributed by atoms with Gasteiger partial charge in [-0.3, -0.25) is 4.68 Å². The van der Waals surface area contributed by atoms with Crippen molar-refractivity contribution in [3.05, 3.63) is 83.4 Å². The maximum atomic E-state index is 8.86. The molecule has 0 bridgehead atoms. The van der Waals surface area contributed by atoms with Crippen LogP contribution >= 0.6 is 0 Å². The normalized spacial score (nSPS) is 10.6. The molecule has 4 aromatic rings. The van der Waals surface area contributed by atoms with Crippen LogP contribution < -0.4 is 5.73 Å². The van der Waals surface area contributed by atoms with E-state index in [1.165, 1.54) is 0 Å². The highest BCUT2D eigenvalue weighted by molar-refractivity contribution is 5.69. The molecule has 2 N–H and O–H groups in total. The third kappa shape index (κ3) is 3.70. The lowest BCUT2D eigenvalue weighted by molar-refractivity contribution is 0.425. The largest absolute Gasteiger partial charge is 0.383 e. The highest BCUT2D eigenvalue weighted by atomic mass is 16.5. The minimum absolute atomic E-state index is 0.419. The van der Waals surface area contributed by atoms with Gasteiger partial charge in [0.2, 0.25) is 0 Å². The molecule has 4 rings (SSSR count). The molecule has 0 aliphatic rings. The number of nitrogen functional groups attached to an aromatic ring is 1. The lowest BCUT2D eigenvalue weighted by Gasteiger charge is -2.03. The van der Waals surface area contributed by atoms with Crippen LogP contribution in [0, 0.1) is 11.3 Å². The first kappa shape index (κ1) is 16.5. The lowest BCUT2D eigenvalue weighted by Crippen LogP contribution is -2.00. The first-order chi connectivity index (χ1) is 13.2. The predicted molar refractivity (Wildman–Crippen MR) is 99.4 cm³/mol. The average molecular weight is 356 g/mol. The van der Waals surface area contributed by atoms with Gasteiger partial charge in [0.25, 0.3) is 0 Å². The molecule has 7 heteroatoms. The summed E-state index contributed by atoms with van der Waals surface area (Å²) in [5, 5.41) is 17.2. The van der Waals surface area contributed by atoms with Gasteiger partial charge < -0.3 is 10.3 Å². The second kappa shape index (κ2) is 7.14. The topological polar surface area (TPSA) is 107 Å². The monoisotopic (exact) mass is 356 g/mol. The van der Waals surface area contributed by atoms with Gasteiger partial charge in [-0.2, -0.15) is 10.4 Å². The fraction of sp³-hybridized carbons (Fsp3) is 0.100. The summed E-state index contributed by atoms with van der Waals surface area (Å²) in [7, 11) is 0. The number of rotatable bonds is 5. The molecule has 0 saturated heterocycles. The van der Waals surface area contributed by atoms with Crippen molar-refractivity contribution in [1.82, 2.24) is 19.9 Å². The Bertz CT molecular complexity index is 1100. The molecule has 0 spiro atoms. The third-order valence-corrected chi connectivity index (χ3v) is 4.18. The summed E-state index contributed by atoms with van der Waals surface area (Å²) < 4.78 is 7.16. The van der Waals surface area contributed by atoms with Gasteiger partial charge in [0.1, 0.15) is 11.9 Å². The van der Waals surface area contributed by atoms with E-state index in [1.54, 1.807) is 23.3 Å². The second-order valence-electron chi connectivity index (χ2n) is 6.15. The fourth-order valence-electron chi connectivity index (χ4n) is 2.81. The molecule has 3 aromatic heterocycles. The zero-order valence-corrected chi connectivity index (χ0v) is 14.4. The number of nitrogens with two attached hydrogens (primary N) is 1. The molecule has 7 nitrogen and oxygen atoms in total. The van der Waals surface area contributed by atoms with Crippen molar-refractivity contribution in [2.24, 2.45) is 0 Å². The van der Waals surface area contributed by atoms with Crippen molar-refractivity contribution in [3.63, 3.8) is 0 Å². The first-order valence-corrected chi connectivity index (χ1v) is 8.38. The van der Waals surface area contributed by atoms with Crippen molar-refractivity contribution in [3.8, 4) is 17.4 Å². The van der Waals surface area contributed by atoms with E-state index >= 15 is 0 Å². The van der Waals surface area contributed by atoms with Gasteiger partial charge in [0, 0.05) is 24.9 Å². The van der Waals surface area contributed by atoms with Gasteiger partial charge >= 0.3 is 0 Å². The van der Waals surface area contributed by atoms with E-state index in [2.05, 4.69) is 33.4 Å². The molecule has 1 aromatic carbocycles. The Morgan fingerprint density at radius 1 is 1.15 bits per heavy atom. The SMILES string of the molecule is N#Cc1cnn(Cc2ccc(Cc3cc(-c4cccnc4N)on3)cc2)c1. The number of nitriles is 1. The quantitative estimate of drug-likeness (QED) is 0.589. The second-order valence-corrected chi connectivity index (χ2v) is 6.15. The summed E-state index contributed by atoms with van der Waals surface area (Å²) in [5.74, 6) is 1.03. The summed E-state index contributed by atoms with van der Waals surface area (Å²) in [6.45, 7) is 0.621.